The number of piperidine rings is 1. The normalized spacial score (nSPS) is 16.4. The van der Waals surface area contributed by atoms with Gasteiger partial charge in [0.2, 0.25) is 10.0 Å². The zero-order valence-corrected chi connectivity index (χ0v) is 15.4. The summed E-state index contributed by atoms with van der Waals surface area (Å²) in [5, 5.41) is 2.96. The van der Waals surface area contributed by atoms with E-state index in [1.54, 1.807) is 18.3 Å². The Hall–Kier alpha value is -1.22. The minimum atomic E-state index is -3.15. The van der Waals surface area contributed by atoms with Gasteiger partial charge in [-0.05, 0) is 31.4 Å². The minimum Gasteiger partial charge on any atom is -0.349 e. The Kier molecular flexibility index (Phi) is 8.08. The van der Waals surface area contributed by atoms with Crippen molar-refractivity contribution in [2.75, 3.05) is 18.8 Å². The van der Waals surface area contributed by atoms with Gasteiger partial charge in [0, 0.05) is 37.4 Å². The predicted octanol–water partition coefficient (Wildman–Crippen LogP) is 0.896. The van der Waals surface area contributed by atoms with Gasteiger partial charge in [-0.2, -0.15) is 0 Å². The molecule has 7 nitrogen and oxygen atoms in total. The van der Waals surface area contributed by atoms with Gasteiger partial charge in [-0.1, -0.05) is 6.92 Å². The van der Waals surface area contributed by atoms with Gasteiger partial charge in [0.05, 0.1) is 11.4 Å². The molecule has 1 aromatic heterocycles. The van der Waals surface area contributed by atoms with Crippen molar-refractivity contribution < 1.29 is 13.2 Å². The largest absolute Gasteiger partial charge is 0.349 e. The molecule has 1 fully saturated rings. The van der Waals surface area contributed by atoms with Crippen molar-refractivity contribution >= 4 is 28.3 Å². The van der Waals surface area contributed by atoms with Gasteiger partial charge in [-0.15, -0.1) is 12.4 Å². The Morgan fingerprint density at radius 2 is 2.08 bits per heavy atom. The fraction of sp³-hybridized carbons (Fsp3) is 0.600. The number of pyridine rings is 1. The molecule has 0 unspecified atom stereocenters. The number of hydrogen-bond donors (Lipinski definition) is 2. The molecular weight excluding hydrogens is 352 g/mol. The van der Waals surface area contributed by atoms with Crippen LogP contribution in [0.15, 0.2) is 18.3 Å². The van der Waals surface area contributed by atoms with E-state index in [2.05, 4.69) is 10.3 Å². The predicted molar refractivity (Wildman–Crippen MR) is 95.5 cm³/mol. The van der Waals surface area contributed by atoms with Crippen molar-refractivity contribution in [3.63, 3.8) is 0 Å². The Labute approximate surface area is 149 Å². The van der Waals surface area contributed by atoms with Gasteiger partial charge in [0.1, 0.15) is 0 Å². The third-order valence-corrected chi connectivity index (χ3v) is 6.01. The smallest absolute Gasteiger partial charge is 0.251 e. The molecule has 1 amide bonds. The van der Waals surface area contributed by atoms with E-state index < -0.39 is 10.0 Å². The Morgan fingerprint density at radius 1 is 1.42 bits per heavy atom. The van der Waals surface area contributed by atoms with Gasteiger partial charge >= 0.3 is 0 Å². The van der Waals surface area contributed by atoms with E-state index in [-0.39, 0.29) is 36.7 Å². The van der Waals surface area contributed by atoms with Crippen LogP contribution < -0.4 is 11.1 Å². The van der Waals surface area contributed by atoms with E-state index in [1.165, 1.54) is 4.31 Å². The van der Waals surface area contributed by atoms with Gasteiger partial charge in [0.25, 0.3) is 5.91 Å². The SMILES string of the molecule is CCCS(=O)(=O)N1CCC(NC(=O)c2ccnc(CN)c2)CC1.Cl. The average molecular weight is 377 g/mol. The van der Waals surface area contributed by atoms with Crippen LogP contribution in [-0.2, 0) is 16.6 Å². The Morgan fingerprint density at radius 3 is 2.67 bits per heavy atom. The number of carbonyl (C=O) groups excluding carboxylic acids is 1. The summed E-state index contributed by atoms with van der Waals surface area (Å²) in [5.74, 6) is 0.0140. The van der Waals surface area contributed by atoms with Crippen LogP contribution in [0.1, 0.15) is 42.2 Å². The molecule has 1 saturated heterocycles. The molecule has 2 rings (SSSR count). The third kappa shape index (κ3) is 5.41. The first kappa shape index (κ1) is 20.8. The Balaban J connectivity index is 0.00000288. The summed E-state index contributed by atoms with van der Waals surface area (Å²) in [4.78, 5) is 16.3. The highest BCUT2D eigenvalue weighted by molar-refractivity contribution is 7.89. The van der Waals surface area contributed by atoms with E-state index in [4.69, 9.17) is 5.73 Å². The molecule has 0 bridgehead atoms. The van der Waals surface area contributed by atoms with E-state index in [9.17, 15) is 13.2 Å². The van der Waals surface area contributed by atoms with E-state index in [0.717, 1.165) is 0 Å². The number of nitrogens with two attached hydrogens (primary N) is 1. The quantitative estimate of drug-likeness (QED) is 0.767. The number of aromatic nitrogens is 1. The molecule has 136 valence electrons. The van der Waals surface area contributed by atoms with Crippen LogP contribution in [0, 0.1) is 0 Å². The van der Waals surface area contributed by atoms with Crippen molar-refractivity contribution in [1.29, 1.82) is 0 Å². The Bertz CT molecular complexity index is 646. The molecule has 0 aliphatic carbocycles. The first-order chi connectivity index (χ1) is 11.0. The summed E-state index contributed by atoms with van der Waals surface area (Å²) >= 11 is 0. The average Bonchev–Trinajstić information content (AvgIpc) is 2.55. The highest BCUT2D eigenvalue weighted by atomic mass is 35.5. The van der Waals surface area contributed by atoms with Crippen LogP contribution in [0.3, 0.4) is 0 Å². The maximum absolute atomic E-state index is 12.3. The second kappa shape index (κ2) is 9.31. The van der Waals surface area contributed by atoms with Crippen LogP contribution in [-0.4, -0.2) is 48.5 Å². The number of nitrogens with one attached hydrogen (secondary N) is 1. The molecule has 9 heteroatoms. The zero-order chi connectivity index (χ0) is 16.9. The first-order valence-electron chi connectivity index (χ1n) is 7.90. The summed E-state index contributed by atoms with van der Waals surface area (Å²) in [5.41, 5.74) is 6.72. The van der Waals surface area contributed by atoms with Crippen molar-refractivity contribution in [2.24, 2.45) is 5.73 Å². The van der Waals surface area contributed by atoms with Crippen LogP contribution >= 0.6 is 12.4 Å². The van der Waals surface area contributed by atoms with Crippen molar-refractivity contribution in [3.05, 3.63) is 29.6 Å². The second-order valence-electron chi connectivity index (χ2n) is 5.70. The van der Waals surface area contributed by atoms with E-state index in [0.29, 0.717) is 43.6 Å². The van der Waals surface area contributed by atoms with E-state index in [1.807, 2.05) is 6.92 Å². The molecule has 0 atom stereocenters. The molecule has 0 spiro atoms. The number of nitrogens with zero attached hydrogens (tertiary/aromatic N) is 2. The molecule has 1 aromatic rings. The zero-order valence-electron chi connectivity index (χ0n) is 13.8. The van der Waals surface area contributed by atoms with Crippen LogP contribution in [0.25, 0.3) is 0 Å². The van der Waals surface area contributed by atoms with Crippen molar-refractivity contribution in [3.8, 4) is 0 Å². The molecule has 1 aliphatic rings. The maximum atomic E-state index is 12.3. The number of amides is 1. The summed E-state index contributed by atoms with van der Waals surface area (Å²) < 4.78 is 25.6. The standard InChI is InChI=1S/C15H24N4O3S.ClH/c1-2-9-23(21,22)19-7-4-13(5-8-19)18-15(20)12-3-6-17-14(10-12)11-16;/h3,6,10,13H,2,4-5,7-9,11,16H2,1H3,(H,18,20);1H. The first-order valence-corrected chi connectivity index (χ1v) is 9.51. The maximum Gasteiger partial charge on any atom is 0.251 e. The van der Waals surface area contributed by atoms with Crippen LogP contribution in [0.5, 0.6) is 0 Å². The number of hydrogen-bond acceptors (Lipinski definition) is 5. The minimum absolute atomic E-state index is 0. The highest BCUT2D eigenvalue weighted by Gasteiger charge is 2.28. The fourth-order valence-electron chi connectivity index (χ4n) is 2.67. The van der Waals surface area contributed by atoms with Crippen molar-refractivity contribution in [1.82, 2.24) is 14.6 Å². The molecule has 24 heavy (non-hydrogen) atoms. The van der Waals surface area contributed by atoms with Crippen LogP contribution in [0.4, 0.5) is 0 Å². The van der Waals surface area contributed by atoms with Gasteiger partial charge in [0.15, 0.2) is 0 Å². The third-order valence-electron chi connectivity index (χ3n) is 3.93. The monoisotopic (exact) mass is 376 g/mol. The number of rotatable bonds is 6. The summed E-state index contributed by atoms with van der Waals surface area (Å²) in [6, 6.07) is 3.32. The van der Waals surface area contributed by atoms with Gasteiger partial charge in [-0.3, -0.25) is 9.78 Å². The molecule has 0 radical (unpaired) electrons. The molecule has 1 aliphatic heterocycles. The molecular formula is C15H25ClN4O3S. The number of carbonyl (C=O) groups is 1. The lowest BCUT2D eigenvalue weighted by Crippen LogP contribution is -2.47. The summed E-state index contributed by atoms with van der Waals surface area (Å²) in [7, 11) is -3.15. The summed E-state index contributed by atoms with van der Waals surface area (Å²) in [6.07, 6.45) is 3.44. The lowest BCUT2D eigenvalue weighted by atomic mass is 10.1. The number of sulfonamides is 1. The second-order valence-corrected chi connectivity index (χ2v) is 7.79. The lowest BCUT2D eigenvalue weighted by molar-refractivity contribution is 0.0923. The van der Waals surface area contributed by atoms with E-state index >= 15 is 0 Å². The van der Waals surface area contributed by atoms with Crippen molar-refractivity contribution in [2.45, 2.75) is 38.8 Å². The topological polar surface area (TPSA) is 105 Å². The lowest BCUT2D eigenvalue weighted by Gasteiger charge is -2.31. The van der Waals surface area contributed by atoms with Crippen LogP contribution in [0.2, 0.25) is 0 Å². The van der Waals surface area contributed by atoms with Gasteiger partial charge < -0.3 is 11.1 Å². The molecule has 0 saturated carbocycles. The molecule has 3 N–H and O–H groups in total. The molecule has 0 aromatic carbocycles. The summed E-state index contributed by atoms with van der Waals surface area (Å²) in [6.45, 7) is 3.05. The van der Waals surface area contributed by atoms with Gasteiger partial charge in [-0.25, -0.2) is 12.7 Å². The number of halogens is 1. The highest BCUT2D eigenvalue weighted by Crippen LogP contribution is 2.15. The fourth-order valence-corrected chi connectivity index (χ4v) is 4.21. The molecule has 2 heterocycles.